The highest BCUT2D eigenvalue weighted by Crippen LogP contribution is 2.45. The maximum atomic E-state index is 13.6. The average molecular weight is 798 g/mol. The van der Waals surface area contributed by atoms with Gasteiger partial charge in [0.05, 0.1) is 31.2 Å². The van der Waals surface area contributed by atoms with E-state index in [9.17, 15) is 50.2 Å². The van der Waals surface area contributed by atoms with Gasteiger partial charge in [0.15, 0.2) is 6.10 Å². The van der Waals surface area contributed by atoms with Gasteiger partial charge in [-0.3, -0.25) is 4.79 Å². The number of thiophene rings is 1. The maximum absolute atomic E-state index is 13.6. The highest BCUT2D eigenvalue weighted by atomic mass is 32.2. The minimum absolute atomic E-state index is 0.00487. The Morgan fingerprint density at radius 2 is 1.50 bits per heavy atom. The van der Waals surface area contributed by atoms with Crippen LogP contribution < -0.4 is 10.6 Å². The van der Waals surface area contributed by atoms with E-state index in [0.29, 0.717) is 9.75 Å². The van der Waals surface area contributed by atoms with Gasteiger partial charge in [0.2, 0.25) is 21.9 Å². The minimum atomic E-state index is -4.97. The molecule has 1 unspecified atom stereocenters. The summed E-state index contributed by atoms with van der Waals surface area (Å²) in [4.78, 5) is 23.4. The summed E-state index contributed by atoms with van der Waals surface area (Å²) >= 11 is 1.04. The van der Waals surface area contributed by atoms with E-state index in [2.05, 4.69) is 76.0 Å². The molecule has 0 radical (unpaired) electrons. The molecule has 5 rings (SSSR count). The number of carbonyl (C=O) groups is 2. The zero-order valence-electron chi connectivity index (χ0n) is 29.0. The number of aliphatic hydroxyl groups is 2. The molecule has 54 heavy (non-hydrogen) atoms. The number of nitrogens with zero attached hydrogens (tertiary/aromatic N) is 1. The first-order chi connectivity index (χ1) is 25.5. The molecule has 0 saturated heterocycles. The maximum Gasteiger partial charge on any atom is 0.418 e. The number of methoxy groups -OCH3 is 1. The number of rotatable bonds is 14. The number of benzene rings is 3. The molecule has 10 nitrogen and oxygen atoms in total. The first kappa shape index (κ1) is 42.3. The van der Waals surface area contributed by atoms with E-state index in [1.54, 1.807) is 6.07 Å². The van der Waals surface area contributed by atoms with Gasteiger partial charge in [-0.15, -0.1) is 11.3 Å². The standard InChI is InChI=1S/C24H28F5N3O7S2.C13H12/c1-39-22(36)31-11-20(34)30-10-16-4-7-19(40-16)18(13-33)32(12-14-8-23(25,26)9-14)41(37,38)17-5-2-15(3-6-17)21(35)24(27,28)29;1-3-7-12(8-4-1)11-13-9-5-2-6-10-13/h2-7,14,18,21,33,35H,8-13H2,1H3,(H,30,34)(H,31,36);1-10H,11H2/t18-,21?;/m1./s1. The molecule has 0 spiro atoms. The van der Waals surface area contributed by atoms with Crippen molar-refractivity contribution in [2.45, 2.75) is 54.9 Å². The van der Waals surface area contributed by atoms with E-state index in [4.69, 9.17) is 0 Å². The van der Waals surface area contributed by atoms with Crippen LogP contribution in [0.4, 0.5) is 26.7 Å². The number of carbonyl (C=O) groups excluding carboxylic acids is 2. The molecule has 1 heterocycles. The van der Waals surface area contributed by atoms with E-state index < -0.39 is 82.1 Å². The number of aliphatic hydroxyl groups excluding tert-OH is 2. The van der Waals surface area contributed by atoms with Gasteiger partial charge in [-0.1, -0.05) is 72.8 Å². The molecule has 1 aliphatic carbocycles. The Morgan fingerprint density at radius 1 is 0.926 bits per heavy atom. The van der Waals surface area contributed by atoms with Crippen molar-refractivity contribution in [3.8, 4) is 0 Å². The average Bonchev–Trinajstić information content (AvgIpc) is 3.61. The summed E-state index contributed by atoms with van der Waals surface area (Å²) in [5.74, 6) is -4.24. The first-order valence-corrected chi connectivity index (χ1v) is 18.9. The van der Waals surface area contributed by atoms with Gasteiger partial charge in [-0.25, -0.2) is 22.0 Å². The summed E-state index contributed by atoms with van der Waals surface area (Å²) in [6, 6.07) is 26.2. The molecule has 292 valence electrons. The topological polar surface area (TPSA) is 145 Å². The van der Waals surface area contributed by atoms with E-state index in [-0.39, 0.29) is 19.6 Å². The van der Waals surface area contributed by atoms with Crippen LogP contribution in [0, 0.1) is 5.92 Å². The number of hydrogen-bond donors (Lipinski definition) is 4. The number of sulfonamides is 1. The van der Waals surface area contributed by atoms with Crippen LogP contribution in [-0.4, -0.2) is 73.8 Å². The van der Waals surface area contributed by atoms with Crippen LogP contribution in [0.25, 0.3) is 0 Å². The molecule has 2 amide bonds. The molecule has 17 heteroatoms. The van der Waals surface area contributed by atoms with Crippen LogP contribution in [0.2, 0.25) is 0 Å². The van der Waals surface area contributed by atoms with Gasteiger partial charge in [0.1, 0.15) is 6.54 Å². The van der Waals surface area contributed by atoms with Crippen LogP contribution in [0.5, 0.6) is 0 Å². The highest BCUT2D eigenvalue weighted by Gasteiger charge is 2.48. The SMILES string of the molecule is COC(=O)NCC(=O)NCc1ccc([C@@H](CO)N(CC2CC(F)(F)C2)S(=O)(=O)c2ccc(C(O)C(F)(F)F)cc2)s1.c1ccc(Cc2ccccc2)cc1. The van der Waals surface area contributed by atoms with Crippen LogP contribution in [-0.2, 0) is 32.5 Å². The third-order valence-corrected chi connectivity index (χ3v) is 11.5. The monoisotopic (exact) mass is 797 g/mol. The second-order valence-electron chi connectivity index (χ2n) is 12.5. The van der Waals surface area contributed by atoms with Gasteiger partial charge < -0.3 is 25.6 Å². The summed E-state index contributed by atoms with van der Waals surface area (Å²) in [5, 5.41) is 24.4. The highest BCUT2D eigenvalue weighted by molar-refractivity contribution is 7.89. The fraction of sp³-hybridized carbons (Fsp3) is 0.351. The quantitative estimate of drug-likeness (QED) is 0.109. The lowest BCUT2D eigenvalue weighted by Crippen LogP contribution is -2.46. The summed E-state index contributed by atoms with van der Waals surface area (Å²) in [6.45, 7) is -1.50. The van der Waals surface area contributed by atoms with E-state index >= 15 is 0 Å². The van der Waals surface area contributed by atoms with Crippen molar-refractivity contribution in [2.24, 2.45) is 5.92 Å². The van der Waals surface area contributed by atoms with Gasteiger partial charge >= 0.3 is 12.3 Å². The molecule has 2 atom stereocenters. The van der Waals surface area contributed by atoms with E-state index in [1.165, 1.54) is 17.2 Å². The van der Waals surface area contributed by atoms with E-state index in [0.717, 1.165) is 53.4 Å². The largest absolute Gasteiger partial charge is 0.453 e. The number of halogens is 5. The molecular formula is C37H40F5N3O7S2. The Bertz CT molecular complexity index is 1870. The molecule has 3 aromatic carbocycles. The summed E-state index contributed by atoms with van der Waals surface area (Å²) in [5.41, 5.74) is 2.15. The van der Waals surface area contributed by atoms with Crippen molar-refractivity contribution >= 4 is 33.4 Å². The molecule has 1 fully saturated rings. The number of hydrogen-bond acceptors (Lipinski definition) is 8. The Labute approximate surface area is 313 Å². The van der Waals surface area contributed by atoms with Crippen molar-refractivity contribution < 1.29 is 54.9 Å². The molecule has 0 bridgehead atoms. The lowest BCUT2D eigenvalue weighted by Gasteiger charge is -2.39. The predicted molar refractivity (Wildman–Crippen MR) is 191 cm³/mol. The zero-order chi connectivity index (χ0) is 39.5. The van der Waals surface area contributed by atoms with Crippen LogP contribution in [0.15, 0.2) is 102 Å². The third-order valence-electron chi connectivity index (χ3n) is 8.39. The Hall–Kier alpha value is -4.42. The lowest BCUT2D eigenvalue weighted by atomic mass is 9.81. The third kappa shape index (κ3) is 12.0. The molecule has 1 aliphatic rings. The van der Waals surface area contributed by atoms with E-state index in [1.807, 2.05) is 0 Å². The lowest BCUT2D eigenvalue weighted by molar-refractivity contribution is -0.206. The van der Waals surface area contributed by atoms with Crippen LogP contribution in [0.3, 0.4) is 0 Å². The van der Waals surface area contributed by atoms with Gasteiger partial charge in [0.25, 0.3) is 0 Å². The van der Waals surface area contributed by atoms with Gasteiger partial charge in [-0.2, -0.15) is 17.5 Å². The Kier molecular flexibility index (Phi) is 14.7. The number of nitrogens with one attached hydrogen (secondary N) is 2. The van der Waals surface area contributed by atoms with Crippen LogP contribution >= 0.6 is 11.3 Å². The van der Waals surface area contributed by atoms with Crippen molar-refractivity contribution in [2.75, 3.05) is 26.8 Å². The molecule has 4 aromatic rings. The summed E-state index contributed by atoms with van der Waals surface area (Å²) < 4.78 is 98.2. The molecule has 1 saturated carbocycles. The first-order valence-electron chi connectivity index (χ1n) is 16.6. The Balaban J connectivity index is 0.000000416. The summed E-state index contributed by atoms with van der Waals surface area (Å²) in [6.07, 6.45) is -8.73. The minimum Gasteiger partial charge on any atom is -0.453 e. The van der Waals surface area contributed by atoms with Gasteiger partial charge in [0, 0.05) is 29.1 Å². The Morgan fingerprint density at radius 3 is 2.00 bits per heavy atom. The number of alkyl carbamates (subject to hydrolysis) is 1. The fourth-order valence-electron chi connectivity index (χ4n) is 5.60. The predicted octanol–water partition coefficient (Wildman–Crippen LogP) is 6.36. The van der Waals surface area contributed by atoms with Gasteiger partial charge in [-0.05, 0) is 53.3 Å². The van der Waals surface area contributed by atoms with Crippen molar-refractivity contribution in [1.82, 2.24) is 14.9 Å². The normalized spacial score (nSPS) is 15.3. The number of amides is 2. The molecule has 4 N–H and O–H groups in total. The second-order valence-corrected chi connectivity index (χ2v) is 15.6. The molecule has 1 aromatic heterocycles. The molecular weight excluding hydrogens is 758 g/mol. The second kappa shape index (κ2) is 18.8. The fourth-order valence-corrected chi connectivity index (χ4v) is 8.40. The van der Waals surface area contributed by atoms with Crippen molar-refractivity contribution in [3.63, 3.8) is 0 Å². The summed E-state index contributed by atoms with van der Waals surface area (Å²) in [7, 11) is -3.40. The van der Waals surface area contributed by atoms with Crippen LogP contribution in [0.1, 0.15) is 51.4 Å². The zero-order valence-corrected chi connectivity index (χ0v) is 30.6. The molecule has 0 aliphatic heterocycles. The van der Waals surface area contributed by atoms with Crippen molar-refractivity contribution in [1.29, 1.82) is 0 Å². The smallest absolute Gasteiger partial charge is 0.418 e. The van der Waals surface area contributed by atoms with Crippen molar-refractivity contribution in [3.05, 3.63) is 124 Å². The number of alkyl halides is 5. The number of ether oxygens (including phenoxy) is 1.